The van der Waals surface area contributed by atoms with Crippen LogP contribution in [-0.2, 0) is 16.0 Å². The molecule has 1 aromatic heterocycles. The summed E-state index contributed by atoms with van der Waals surface area (Å²) >= 11 is 0. The second kappa shape index (κ2) is 3.89. The van der Waals surface area contributed by atoms with Crippen LogP contribution in [0.15, 0.2) is 18.3 Å². The van der Waals surface area contributed by atoms with Gasteiger partial charge in [-0.05, 0) is 30.9 Å². The van der Waals surface area contributed by atoms with E-state index in [0.717, 1.165) is 18.5 Å². The molecule has 90 valence electrons. The van der Waals surface area contributed by atoms with Gasteiger partial charge in [-0.15, -0.1) is 0 Å². The van der Waals surface area contributed by atoms with Gasteiger partial charge in [0.15, 0.2) is 5.78 Å². The number of ether oxygens (including phenoxy) is 1. The molecule has 1 fully saturated rings. The van der Waals surface area contributed by atoms with Gasteiger partial charge in [-0.1, -0.05) is 6.07 Å². The highest BCUT2D eigenvalue weighted by Crippen LogP contribution is 2.35. The van der Waals surface area contributed by atoms with E-state index in [1.54, 1.807) is 6.20 Å². The third kappa shape index (κ3) is 1.68. The van der Waals surface area contributed by atoms with E-state index < -0.39 is 5.54 Å². The predicted molar refractivity (Wildman–Crippen MR) is 62.7 cm³/mol. The Morgan fingerprint density at radius 3 is 3.24 bits per heavy atom. The molecule has 0 radical (unpaired) electrons. The highest BCUT2D eigenvalue weighted by atomic mass is 16.5. The molecular formula is C13H16N2O2. The summed E-state index contributed by atoms with van der Waals surface area (Å²) in [6, 6.07) is 3.96. The molecule has 1 saturated heterocycles. The molecule has 1 aliphatic heterocycles. The van der Waals surface area contributed by atoms with Crippen LogP contribution < -0.4 is 5.73 Å². The van der Waals surface area contributed by atoms with E-state index in [2.05, 4.69) is 4.98 Å². The molecule has 2 aliphatic rings. The normalized spacial score (nSPS) is 31.5. The van der Waals surface area contributed by atoms with Crippen molar-refractivity contribution < 1.29 is 9.53 Å². The Hall–Kier alpha value is -1.26. The fraction of sp³-hybridized carbons (Fsp3) is 0.538. The zero-order valence-corrected chi connectivity index (χ0v) is 9.69. The van der Waals surface area contributed by atoms with Gasteiger partial charge in [-0.2, -0.15) is 0 Å². The molecule has 1 aromatic rings. The number of aryl methyl sites for hydroxylation is 1. The van der Waals surface area contributed by atoms with Crippen molar-refractivity contribution in [3.05, 3.63) is 29.6 Å². The molecule has 2 unspecified atom stereocenters. The van der Waals surface area contributed by atoms with Crippen molar-refractivity contribution in [1.82, 2.24) is 4.98 Å². The summed E-state index contributed by atoms with van der Waals surface area (Å²) < 4.78 is 5.26. The summed E-state index contributed by atoms with van der Waals surface area (Å²) in [7, 11) is 0. The van der Waals surface area contributed by atoms with Gasteiger partial charge in [0.2, 0.25) is 0 Å². The minimum Gasteiger partial charge on any atom is -0.379 e. The summed E-state index contributed by atoms with van der Waals surface area (Å²) in [5.74, 6) is -0.0228. The summed E-state index contributed by atoms with van der Waals surface area (Å²) in [5.41, 5.74) is 7.46. The number of carbonyl (C=O) groups is 1. The number of aromatic nitrogens is 1. The first-order chi connectivity index (χ1) is 8.21. The molecule has 2 atom stereocenters. The van der Waals surface area contributed by atoms with Crippen molar-refractivity contribution in [3.8, 4) is 0 Å². The summed E-state index contributed by atoms with van der Waals surface area (Å²) in [4.78, 5) is 16.8. The molecule has 0 amide bonds. The van der Waals surface area contributed by atoms with Crippen LogP contribution in [0.5, 0.6) is 0 Å². The number of nitrogens with two attached hydrogens (primary N) is 1. The molecule has 3 rings (SSSR count). The highest BCUT2D eigenvalue weighted by molar-refractivity contribution is 5.94. The lowest BCUT2D eigenvalue weighted by Gasteiger charge is -2.23. The van der Waals surface area contributed by atoms with Crippen LogP contribution in [0.2, 0.25) is 0 Å². The molecular weight excluding hydrogens is 216 g/mol. The minimum absolute atomic E-state index is 0.104. The number of carbonyl (C=O) groups excluding carboxylic acids is 1. The third-order valence-corrected chi connectivity index (χ3v) is 3.82. The smallest absolute Gasteiger partial charge is 0.164 e. The monoisotopic (exact) mass is 232 g/mol. The van der Waals surface area contributed by atoms with E-state index in [9.17, 15) is 4.79 Å². The standard InChI is InChI=1S/C13H16N2O2/c14-13(5-7-17-8-13)12(16)10-4-3-9-2-1-6-15-11(9)10/h1-2,6,10H,3-5,7-8,14H2. The summed E-state index contributed by atoms with van der Waals surface area (Å²) in [5, 5.41) is 0. The number of rotatable bonds is 2. The van der Waals surface area contributed by atoms with Gasteiger partial charge in [0.1, 0.15) is 5.54 Å². The molecule has 4 heteroatoms. The zero-order chi connectivity index (χ0) is 11.9. The lowest BCUT2D eigenvalue weighted by atomic mass is 9.84. The van der Waals surface area contributed by atoms with Crippen LogP contribution in [0.25, 0.3) is 0 Å². The number of nitrogens with zero attached hydrogens (tertiary/aromatic N) is 1. The van der Waals surface area contributed by atoms with Crippen molar-refractivity contribution in [1.29, 1.82) is 0 Å². The van der Waals surface area contributed by atoms with E-state index in [1.807, 2.05) is 12.1 Å². The van der Waals surface area contributed by atoms with Crippen LogP contribution in [0.4, 0.5) is 0 Å². The van der Waals surface area contributed by atoms with Crippen molar-refractivity contribution in [2.45, 2.75) is 30.7 Å². The SMILES string of the molecule is NC1(C(=O)C2CCc3cccnc32)CCOC1. The molecule has 2 heterocycles. The first-order valence-electron chi connectivity index (χ1n) is 6.05. The Morgan fingerprint density at radius 2 is 2.47 bits per heavy atom. The van der Waals surface area contributed by atoms with Crippen molar-refractivity contribution >= 4 is 5.78 Å². The Balaban J connectivity index is 1.89. The largest absolute Gasteiger partial charge is 0.379 e. The minimum atomic E-state index is -0.788. The Labute approximate surface area is 100 Å². The molecule has 0 spiro atoms. The van der Waals surface area contributed by atoms with Crippen LogP contribution in [0, 0.1) is 0 Å². The Morgan fingerprint density at radius 1 is 1.59 bits per heavy atom. The van der Waals surface area contributed by atoms with Gasteiger partial charge >= 0.3 is 0 Å². The maximum absolute atomic E-state index is 12.5. The van der Waals surface area contributed by atoms with E-state index in [-0.39, 0.29) is 11.7 Å². The van der Waals surface area contributed by atoms with Crippen molar-refractivity contribution in [2.75, 3.05) is 13.2 Å². The fourth-order valence-electron chi connectivity index (χ4n) is 2.79. The van der Waals surface area contributed by atoms with Crippen LogP contribution >= 0.6 is 0 Å². The molecule has 4 nitrogen and oxygen atoms in total. The number of hydrogen-bond acceptors (Lipinski definition) is 4. The van der Waals surface area contributed by atoms with Crippen LogP contribution in [0.3, 0.4) is 0 Å². The zero-order valence-electron chi connectivity index (χ0n) is 9.69. The summed E-state index contributed by atoms with van der Waals surface area (Å²) in [6.07, 6.45) is 4.14. The van der Waals surface area contributed by atoms with Gasteiger partial charge in [-0.3, -0.25) is 9.78 Å². The number of fused-ring (bicyclic) bond motifs is 1. The second-order valence-corrected chi connectivity index (χ2v) is 4.96. The Bertz CT molecular complexity index is 452. The molecule has 0 saturated carbocycles. The van der Waals surface area contributed by atoms with E-state index in [4.69, 9.17) is 10.5 Å². The second-order valence-electron chi connectivity index (χ2n) is 4.96. The molecule has 17 heavy (non-hydrogen) atoms. The number of pyridine rings is 1. The highest BCUT2D eigenvalue weighted by Gasteiger charge is 2.44. The quantitative estimate of drug-likeness (QED) is 0.819. The van der Waals surface area contributed by atoms with Crippen molar-refractivity contribution in [3.63, 3.8) is 0 Å². The lowest BCUT2D eigenvalue weighted by molar-refractivity contribution is -0.125. The van der Waals surface area contributed by atoms with E-state index >= 15 is 0 Å². The lowest BCUT2D eigenvalue weighted by Crippen LogP contribution is -2.50. The molecule has 0 aromatic carbocycles. The molecule has 0 bridgehead atoms. The van der Waals surface area contributed by atoms with Gasteiger partial charge in [-0.25, -0.2) is 0 Å². The number of ketones is 1. The summed E-state index contributed by atoms with van der Waals surface area (Å²) in [6.45, 7) is 0.939. The van der Waals surface area contributed by atoms with Gasteiger partial charge in [0.25, 0.3) is 0 Å². The average Bonchev–Trinajstić information content (AvgIpc) is 2.95. The third-order valence-electron chi connectivity index (χ3n) is 3.82. The molecule has 2 N–H and O–H groups in total. The van der Waals surface area contributed by atoms with E-state index in [0.29, 0.717) is 19.6 Å². The Kier molecular flexibility index (Phi) is 2.49. The predicted octanol–water partition coefficient (Wildman–Crippen LogP) is 0.798. The number of Topliss-reactive ketones (excluding diaryl/α,β-unsaturated/α-hetero) is 1. The van der Waals surface area contributed by atoms with Crippen molar-refractivity contribution in [2.24, 2.45) is 5.73 Å². The molecule has 1 aliphatic carbocycles. The van der Waals surface area contributed by atoms with Crippen LogP contribution in [-0.4, -0.2) is 29.5 Å². The van der Waals surface area contributed by atoms with Gasteiger partial charge in [0.05, 0.1) is 18.2 Å². The first kappa shape index (κ1) is 10.9. The number of hydrogen-bond donors (Lipinski definition) is 1. The maximum atomic E-state index is 12.5. The van der Waals surface area contributed by atoms with Gasteiger partial charge in [0, 0.05) is 12.8 Å². The topological polar surface area (TPSA) is 65.2 Å². The fourth-order valence-corrected chi connectivity index (χ4v) is 2.79. The van der Waals surface area contributed by atoms with E-state index in [1.165, 1.54) is 5.56 Å². The first-order valence-corrected chi connectivity index (χ1v) is 6.05. The van der Waals surface area contributed by atoms with Gasteiger partial charge < -0.3 is 10.5 Å². The average molecular weight is 232 g/mol. The maximum Gasteiger partial charge on any atom is 0.164 e. The van der Waals surface area contributed by atoms with Crippen LogP contribution in [0.1, 0.15) is 30.0 Å².